The first kappa shape index (κ1) is 17.6. The number of aromatic nitrogens is 2. The smallest absolute Gasteiger partial charge is 0.338 e. The summed E-state index contributed by atoms with van der Waals surface area (Å²) >= 11 is 0. The van der Waals surface area contributed by atoms with Gasteiger partial charge in [-0.3, -0.25) is 19.6 Å². The molecule has 1 amide bonds. The maximum Gasteiger partial charge on any atom is 0.338 e. The third-order valence-electron chi connectivity index (χ3n) is 4.61. The Kier molecular flexibility index (Phi) is 4.70. The summed E-state index contributed by atoms with van der Waals surface area (Å²) < 4.78 is 1.64. The fourth-order valence-electron chi connectivity index (χ4n) is 3.16. The molecular formula is C17H18N4O5. The molecule has 0 atom stereocenters. The molecule has 0 spiro atoms. The number of benzene rings is 1. The summed E-state index contributed by atoms with van der Waals surface area (Å²) in [6.45, 7) is 2.64. The molecule has 1 aliphatic rings. The van der Waals surface area contributed by atoms with Gasteiger partial charge in [0.2, 0.25) is 0 Å². The number of hydrogen-bond donors (Lipinski definition) is 1. The molecule has 0 saturated carbocycles. The van der Waals surface area contributed by atoms with Crippen molar-refractivity contribution < 1.29 is 19.6 Å². The largest absolute Gasteiger partial charge is 0.478 e. The first-order valence-corrected chi connectivity index (χ1v) is 8.18. The second-order valence-corrected chi connectivity index (χ2v) is 6.30. The summed E-state index contributed by atoms with van der Waals surface area (Å²) in [7, 11) is 0. The van der Waals surface area contributed by atoms with E-state index in [1.54, 1.807) is 22.6 Å². The molecule has 1 fully saturated rings. The molecule has 1 aromatic heterocycles. The summed E-state index contributed by atoms with van der Waals surface area (Å²) in [5.74, 6) is -1.18. The number of piperidine rings is 1. The lowest BCUT2D eigenvalue weighted by molar-refractivity contribution is -0.385. The Labute approximate surface area is 149 Å². The van der Waals surface area contributed by atoms with Crippen LogP contribution in [0.5, 0.6) is 0 Å². The second kappa shape index (κ2) is 6.95. The summed E-state index contributed by atoms with van der Waals surface area (Å²) in [5, 5.41) is 23.9. The number of carbonyl (C=O) groups is 2. The highest BCUT2D eigenvalue weighted by Gasteiger charge is 2.26. The van der Waals surface area contributed by atoms with Crippen molar-refractivity contribution in [3.05, 3.63) is 57.4 Å². The van der Waals surface area contributed by atoms with Gasteiger partial charge >= 0.3 is 5.97 Å². The number of rotatable bonds is 4. The number of nitro benzene ring substituents is 1. The van der Waals surface area contributed by atoms with Gasteiger partial charge in [0.15, 0.2) is 0 Å². The lowest BCUT2D eigenvalue weighted by Gasteiger charge is -2.32. The van der Waals surface area contributed by atoms with E-state index in [0.717, 1.165) is 0 Å². The molecule has 0 unspecified atom stereocenters. The van der Waals surface area contributed by atoms with E-state index in [2.05, 4.69) is 5.10 Å². The van der Waals surface area contributed by atoms with Crippen LogP contribution in [0.25, 0.3) is 0 Å². The highest BCUT2D eigenvalue weighted by molar-refractivity contribution is 5.94. The molecular weight excluding hydrogens is 340 g/mol. The molecule has 136 valence electrons. The molecule has 1 aromatic carbocycles. The quantitative estimate of drug-likeness (QED) is 0.661. The summed E-state index contributed by atoms with van der Waals surface area (Å²) in [4.78, 5) is 35.7. The van der Waals surface area contributed by atoms with Gasteiger partial charge in [-0.15, -0.1) is 0 Å². The normalized spacial score (nSPS) is 15.0. The number of nitrogens with zero attached hydrogens (tertiary/aromatic N) is 4. The van der Waals surface area contributed by atoms with E-state index in [1.807, 2.05) is 0 Å². The number of amides is 1. The molecule has 0 aliphatic carbocycles. The predicted molar refractivity (Wildman–Crippen MR) is 91.2 cm³/mol. The van der Waals surface area contributed by atoms with Crippen molar-refractivity contribution in [2.75, 3.05) is 13.1 Å². The molecule has 0 radical (unpaired) electrons. The Morgan fingerprint density at radius 2 is 1.96 bits per heavy atom. The lowest BCUT2D eigenvalue weighted by atomic mass is 10.0. The molecule has 9 nitrogen and oxygen atoms in total. The number of carboxylic acids is 1. The number of aryl methyl sites for hydroxylation is 1. The molecule has 2 aromatic rings. The monoisotopic (exact) mass is 358 g/mol. The van der Waals surface area contributed by atoms with Crippen LogP contribution in [0.3, 0.4) is 0 Å². The Morgan fingerprint density at radius 1 is 1.27 bits per heavy atom. The van der Waals surface area contributed by atoms with E-state index in [-0.39, 0.29) is 23.2 Å². The molecule has 1 N–H and O–H groups in total. The zero-order chi connectivity index (χ0) is 18.8. The summed E-state index contributed by atoms with van der Waals surface area (Å²) in [5.41, 5.74) is 1.02. The van der Waals surface area contributed by atoms with E-state index in [1.165, 1.54) is 24.5 Å². The highest BCUT2D eigenvalue weighted by Crippen LogP contribution is 2.25. The molecule has 0 bridgehead atoms. The fraction of sp³-hybridized carbons (Fsp3) is 0.353. The van der Waals surface area contributed by atoms with Gasteiger partial charge in [0, 0.05) is 36.5 Å². The maximum absolute atomic E-state index is 12.6. The zero-order valence-corrected chi connectivity index (χ0v) is 14.2. The minimum Gasteiger partial charge on any atom is -0.478 e. The van der Waals surface area contributed by atoms with Gasteiger partial charge in [-0.2, -0.15) is 5.10 Å². The van der Waals surface area contributed by atoms with E-state index < -0.39 is 10.9 Å². The number of hydrogen-bond acceptors (Lipinski definition) is 5. The molecule has 2 heterocycles. The van der Waals surface area contributed by atoms with Crippen LogP contribution in [0, 0.1) is 17.0 Å². The van der Waals surface area contributed by atoms with Gasteiger partial charge in [0.25, 0.3) is 11.6 Å². The summed E-state index contributed by atoms with van der Waals surface area (Å²) in [6, 6.07) is 4.42. The number of nitro groups is 1. The fourth-order valence-corrected chi connectivity index (χ4v) is 3.16. The standard InChI is InChI=1S/C17H18N4O5/c1-11-8-12(2-3-15(11)21(25)26)16(22)19-6-4-14(5-7-19)20-10-13(9-18-20)17(23)24/h2-3,8-10,14H,4-7H2,1H3,(H,23,24). The van der Waals surface area contributed by atoms with Gasteiger partial charge in [0.1, 0.15) is 0 Å². The van der Waals surface area contributed by atoms with Crippen LogP contribution in [-0.4, -0.2) is 49.7 Å². The highest BCUT2D eigenvalue weighted by atomic mass is 16.6. The van der Waals surface area contributed by atoms with Crippen LogP contribution in [0.2, 0.25) is 0 Å². The van der Waals surface area contributed by atoms with Crippen molar-refractivity contribution in [2.45, 2.75) is 25.8 Å². The van der Waals surface area contributed by atoms with Crippen molar-refractivity contribution in [2.24, 2.45) is 0 Å². The van der Waals surface area contributed by atoms with Gasteiger partial charge < -0.3 is 10.0 Å². The van der Waals surface area contributed by atoms with Crippen molar-refractivity contribution in [3.8, 4) is 0 Å². The molecule has 1 saturated heterocycles. The summed E-state index contributed by atoms with van der Waals surface area (Å²) in [6.07, 6.45) is 4.15. The van der Waals surface area contributed by atoms with Crippen LogP contribution < -0.4 is 0 Å². The molecule has 9 heteroatoms. The third kappa shape index (κ3) is 3.41. The minimum absolute atomic E-state index is 0.00632. The number of likely N-dealkylation sites (tertiary alicyclic amines) is 1. The van der Waals surface area contributed by atoms with E-state index in [9.17, 15) is 19.7 Å². The van der Waals surface area contributed by atoms with Crippen LogP contribution in [0.4, 0.5) is 5.69 Å². The molecule has 1 aliphatic heterocycles. The Bertz CT molecular complexity index is 868. The maximum atomic E-state index is 12.6. The van der Waals surface area contributed by atoms with Crippen LogP contribution in [0.15, 0.2) is 30.6 Å². The van der Waals surface area contributed by atoms with Gasteiger partial charge in [0.05, 0.1) is 22.7 Å². The molecule has 3 rings (SSSR count). The topological polar surface area (TPSA) is 119 Å². The predicted octanol–water partition coefficient (Wildman–Crippen LogP) is 2.28. The lowest BCUT2D eigenvalue weighted by Crippen LogP contribution is -2.39. The van der Waals surface area contributed by atoms with Crippen LogP contribution >= 0.6 is 0 Å². The van der Waals surface area contributed by atoms with Crippen molar-refractivity contribution in [1.82, 2.24) is 14.7 Å². The Morgan fingerprint density at radius 3 is 2.50 bits per heavy atom. The van der Waals surface area contributed by atoms with E-state index >= 15 is 0 Å². The average Bonchev–Trinajstić information content (AvgIpc) is 3.11. The molecule has 26 heavy (non-hydrogen) atoms. The van der Waals surface area contributed by atoms with Gasteiger partial charge in [-0.1, -0.05) is 0 Å². The number of aromatic carboxylic acids is 1. The first-order chi connectivity index (χ1) is 12.4. The zero-order valence-electron chi connectivity index (χ0n) is 14.2. The average molecular weight is 358 g/mol. The van der Waals surface area contributed by atoms with Gasteiger partial charge in [-0.25, -0.2) is 4.79 Å². The third-order valence-corrected chi connectivity index (χ3v) is 4.61. The van der Waals surface area contributed by atoms with Crippen molar-refractivity contribution in [1.29, 1.82) is 0 Å². The minimum atomic E-state index is -1.02. The van der Waals surface area contributed by atoms with Crippen molar-refractivity contribution >= 4 is 17.6 Å². The van der Waals surface area contributed by atoms with Gasteiger partial charge in [-0.05, 0) is 31.9 Å². The number of carbonyl (C=O) groups excluding carboxylic acids is 1. The van der Waals surface area contributed by atoms with Crippen LogP contribution in [-0.2, 0) is 0 Å². The van der Waals surface area contributed by atoms with E-state index in [0.29, 0.717) is 37.1 Å². The van der Waals surface area contributed by atoms with Crippen molar-refractivity contribution in [3.63, 3.8) is 0 Å². The van der Waals surface area contributed by atoms with E-state index in [4.69, 9.17) is 5.11 Å². The second-order valence-electron chi connectivity index (χ2n) is 6.30. The first-order valence-electron chi connectivity index (χ1n) is 8.18. The number of carboxylic acid groups (broad SMARTS) is 1. The van der Waals surface area contributed by atoms with Crippen LogP contribution in [0.1, 0.15) is 45.2 Å². The Hall–Kier alpha value is -3.23. The Balaban J connectivity index is 1.65. The SMILES string of the molecule is Cc1cc(C(=O)N2CCC(n3cc(C(=O)O)cn3)CC2)ccc1[N+](=O)[O-].